The van der Waals surface area contributed by atoms with Gasteiger partial charge in [-0.15, -0.1) is 12.3 Å². The van der Waals surface area contributed by atoms with Crippen LogP contribution >= 0.6 is 0 Å². The van der Waals surface area contributed by atoms with E-state index in [0.29, 0.717) is 12.0 Å². The van der Waals surface area contributed by atoms with Gasteiger partial charge in [0.1, 0.15) is 0 Å². The molecule has 13 heavy (non-hydrogen) atoms. The largest absolute Gasteiger partial charge is 0.271 e. The average molecular weight is 182 g/mol. The molecular formula is C11H22N2. The zero-order valence-corrected chi connectivity index (χ0v) is 8.84. The number of hydrogen-bond donors (Lipinski definition) is 2. The van der Waals surface area contributed by atoms with Gasteiger partial charge in [0.15, 0.2) is 0 Å². The van der Waals surface area contributed by atoms with Crippen LogP contribution in [0.1, 0.15) is 46.0 Å². The summed E-state index contributed by atoms with van der Waals surface area (Å²) in [4.78, 5) is 0. The first-order chi connectivity index (χ1) is 6.26. The molecule has 2 unspecified atom stereocenters. The van der Waals surface area contributed by atoms with Gasteiger partial charge in [-0.05, 0) is 25.2 Å². The van der Waals surface area contributed by atoms with Crippen molar-refractivity contribution in [3.8, 4) is 12.3 Å². The maximum atomic E-state index is 5.48. The van der Waals surface area contributed by atoms with Crippen LogP contribution in [0, 0.1) is 18.3 Å². The Balaban J connectivity index is 3.67. The lowest BCUT2D eigenvalue weighted by Crippen LogP contribution is -2.39. The van der Waals surface area contributed by atoms with E-state index in [0.717, 1.165) is 19.3 Å². The molecule has 0 amide bonds. The number of hydrogen-bond acceptors (Lipinski definition) is 2. The smallest absolute Gasteiger partial charge is 0.0236 e. The highest BCUT2D eigenvalue weighted by atomic mass is 15.2. The van der Waals surface area contributed by atoms with E-state index in [1.165, 1.54) is 12.8 Å². The van der Waals surface area contributed by atoms with Crippen LogP contribution in [0.25, 0.3) is 0 Å². The summed E-state index contributed by atoms with van der Waals surface area (Å²) < 4.78 is 0. The van der Waals surface area contributed by atoms with Crippen molar-refractivity contribution in [3.63, 3.8) is 0 Å². The van der Waals surface area contributed by atoms with Crippen molar-refractivity contribution in [2.45, 2.75) is 52.0 Å². The third-order valence-electron chi connectivity index (χ3n) is 2.48. The molecule has 76 valence electrons. The SMILES string of the molecule is C#CCCCC(NN)C(C)CCC. The molecule has 0 spiro atoms. The van der Waals surface area contributed by atoms with Gasteiger partial charge in [-0.25, -0.2) is 0 Å². The summed E-state index contributed by atoms with van der Waals surface area (Å²) >= 11 is 0. The van der Waals surface area contributed by atoms with E-state index in [-0.39, 0.29) is 0 Å². The predicted octanol–water partition coefficient (Wildman–Crippen LogP) is 2.06. The van der Waals surface area contributed by atoms with E-state index < -0.39 is 0 Å². The summed E-state index contributed by atoms with van der Waals surface area (Å²) in [6.45, 7) is 4.44. The van der Waals surface area contributed by atoms with E-state index >= 15 is 0 Å². The van der Waals surface area contributed by atoms with E-state index in [1.54, 1.807) is 0 Å². The van der Waals surface area contributed by atoms with Crippen LogP contribution in [-0.2, 0) is 0 Å². The molecule has 0 aliphatic heterocycles. The lowest BCUT2D eigenvalue weighted by Gasteiger charge is -2.22. The van der Waals surface area contributed by atoms with Crippen LogP contribution in [0.4, 0.5) is 0 Å². The van der Waals surface area contributed by atoms with Gasteiger partial charge in [-0.1, -0.05) is 20.3 Å². The highest BCUT2D eigenvalue weighted by Gasteiger charge is 2.13. The normalized spacial score (nSPS) is 14.9. The summed E-state index contributed by atoms with van der Waals surface area (Å²) in [6, 6.07) is 0.424. The van der Waals surface area contributed by atoms with Crippen LogP contribution in [0.5, 0.6) is 0 Å². The molecule has 0 heterocycles. The van der Waals surface area contributed by atoms with Gasteiger partial charge in [0, 0.05) is 12.5 Å². The van der Waals surface area contributed by atoms with E-state index in [2.05, 4.69) is 25.2 Å². The predicted molar refractivity (Wildman–Crippen MR) is 57.9 cm³/mol. The van der Waals surface area contributed by atoms with Crippen molar-refractivity contribution < 1.29 is 0 Å². The molecule has 0 fully saturated rings. The van der Waals surface area contributed by atoms with Crippen LogP contribution in [0.15, 0.2) is 0 Å². The fraction of sp³-hybridized carbons (Fsp3) is 0.818. The number of unbranched alkanes of at least 4 members (excludes halogenated alkanes) is 1. The van der Waals surface area contributed by atoms with Crippen LogP contribution < -0.4 is 11.3 Å². The van der Waals surface area contributed by atoms with Crippen molar-refractivity contribution in [2.75, 3.05) is 0 Å². The molecule has 0 aromatic rings. The Morgan fingerprint density at radius 3 is 2.62 bits per heavy atom. The first-order valence-corrected chi connectivity index (χ1v) is 5.15. The molecule has 0 rings (SSSR count). The standard InChI is InChI=1S/C11H22N2/c1-4-6-7-9-11(13-12)10(3)8-5-2/h1,10-11,13H,5-9,12H2,2-3H3. The number of nitrogens with one attached hydrogen (secondary N) is 1. The molecule has 0 aliphatic carbocycles. The highest BCUT2D eigenvalue weighted by Crippen LogP contribution is 2.14. The van der Waals surface area contributed by atoms with Gasteiger partial charge in [0.2, 0.25) is 0 Å². The second-order valence-electron chi connectivity index (χ2n) is 3.64. The minimum Gasteiger partial charge on any atom is -0.271 e. The molecule has 2 heteroatoms. The number of terminal acetylenes is 1. The monoisotopic (exact) mass is 182 g/mol. The van der Waals surface area contributed by atoms with Gasteiger partial charge in [-0.2, -0.15) is 0 Å². The van der Waals surface area contributed by atoms with Gasteiger partial charge in [-0.3, -0.25) is 11.3 Å². The molecule has 0 aliphatic rings. The lowest BCUT2D eigenvalue weighted by molar-refractivity contribution is 0.336. The second kappa shape index (κ2) is 8.10. The van der Waals surface area contributed by atoms with Crippen LogP contribution in [-0.4, -0.2) is 6.04 Å². The van der Waals surface area contributed by atoms with Gasteiger partial charge >= 0.3 is 0 Å². The van der Waals surface area contributed by atoms with Crippen LogP contribution in [0.2, 0.25) is 0 Å². The molecular weight excluding hydrogens is 160 g/mol. The molecule has 0 saturated carbocycles. The summed E-state index contributed by atoms with van der Waals surface area (Å²) in [5, 5.41) is 0. The number of nitrogens with two attached hydrogens (primary N) is 1. The van der Waals surface area contributed by atoms with E-state index in [1.807, 2.05) is 0 Å². The lowest BCUT2D eigenvalue weighted by atomic mass is 9.93. The molecule has 0 saturated heterocycles. The highest BCUT2D eigenvalue weighted by molar-refractivity contribution is 4.84. The Labute approximate surface area is 82.2 Å². The zero-order valence-electron chi connectivity index (χ0n) is 8.84. The first-order valence-electron chi connectivity index (χ1n) is 5.15. The average Bonchev–Trinajstić information content (AvgIpc) is 2.13. The summed E-state index contributed by atoms with van der Waals surface area (Å²) in [5.74, 6) is 8.78. The third-order valence-corrected chi connectivity index (χ3v) is 2.48. The van der Waals surface area contributed by atoms with E-state index in [9.17, 15) is 0 Å². The Hall–Kier alpha value is -0.520. The molecule has 0 aromatic heterocycles. The minimum absolute atomic E-state index is 0.424. The number of rotatable bonds is 7. The summed E-state index contributed by atoms with van der Waals surface area (Å²) in [6.07, 6.45) is 10.6. The summed E-state index contributed by atoms with van der Waals surface area (Å²) in [7, 11) is 0. The Morgan fingerprint density at radius 1 is 1.46 bits per heavy atom. The Kier molecular flexibility index (Phi) is 7.77. The molecule has 2 atom stereocenters. The van der Waals surface area contributed by atoms with Crippen molar-refractivity contribution >= 4 is 0 Å². The van der Waals surface area contributed by atoms with Crippen molar-refractivity contribution in [2.24, 2.45) is 11.8 Å². The van der Waals surface area contributed by atoms with E-state index in [4.69, 9.17) is 12.3 Å². The third kappa shape index (κ3) is 5.68. The van der Waals surface area contributed by atoms with Gasteiger partial charge in [0.25, 0.3) is 0 Å². The zero-order chi connectivity index (χ0) is 10.1. The fourth-order valence-corrected chi connectivity index (χ4v) is 1.61. The molecule has 2 nitrogen and oxygen atoms in total. The van der Waals surface area contributed by atoms with Crippen molar-refractivity contribution in [3.05, 3.63) is 0 Å². The summed E-state index contributed by atoms with van der Waals surface area (Å²) in [5.41, 5.74) is 2.88. The Morgan fingerprint density at radius 2 is 2.15 bits per heavy atom. The molecule has 0 aromatic carbocycles. The topological polar surface area (TPSA) is 38.0 Å². The molecule has 3 N–H and O–H groups in total. The van der Waals surface area contributed by atoms with Crippen LogP contribution in [0.3, 0.4) is 0 Å². The van der Waals surface area contributed by atoms with Gasteiger partial charge < -0.3 is 0 Å². The van der Waals surface area contributed by atoms with Gasteiger partial charge in [0.05, 0.1) is 0 Å². The number of hydrazine groups is 1. The maximum Gasteiger partial charge on any atom is 0.0236 e. The minimum atomic E-state index is 0.424. The quantitative estimate of drug-likeness (QED) is 0.274. The second-order valence-corrected chi connectivity index (χ2v) is 3.64. The molecule has 0 radical (unpaired) electrons. The van der Waals surface area contributed by atoms with Crippen molar-refractivity contribution in [1.82, 2.24) is 5.43 Å². The van der Waals surface area contributed by atoms with Crippen molar-refractivity contribution in [1.29, 1.82) is 0 Å². The molecule has 0 bridgehead atoms. The fourth-order valence-electron chi connectivity index (χ4n) is 1.61. The maximum absolute atomic E-state index is 5.48. The Bertz CT molecular complexity index is 149. The first kappa shape index (κ1) is 12.5.